The summed E-state index contributed by atoms with van der Waals surface area (Å²) >= 11 is 0. The average Bonchev–Trinajstić information content (AvgIpc) is 2.46. The first-order valence-corrected chi connectivity index (χ1v) is 6.07. The van der Waals surface area contributed by atoms with Crippen LogP contribution in [-0.4, -0.2) is 24.9 Å². The maximum Gasteiger partial charge on any atom is 0.573 e. The molecule has 0 unspecified atom stereocenters. The van der Waals surface area contributed by atoms with Crippen LogP contribution in [0.2, 0.25) is 0 Å². The number of hydrogen-bond acceptors (Lipinski definition) is 4. The maximum atomic E-state index is 12.4. The van der Waals surface area contributed by atoms with Crippen molar-refractivity contribution in [3.05, 3.63) is 42.0 Å². The first-order valence-electron chi connectivity index (χ1n) is 6.07. The minimum Gasteiger partial charge on any atom is -0.504 e. The number of carbonyl (C=O) groups is 1. The zero-order valence-electron chi connectivity index (χ0n) is 11.3. The highest BCUT2D eigenvalue weighted by molar-refractivity contribution is 5.86. The summed E-state index contributed by atoms with van der Waals surface area (Å²) in [5, 5.41) is 9.75. The Bertz CT molecular complexity index is 696. The third kappa shape index (κ3) is 3.30. The summed E-state index contributed by atoms with van der Waals surface area (Å²) in [6.45, 7) is 0. The Labute approximate surface area is 123 Å². The van der Waals surface area contributed by atoms with E-state index in [1.807, 2.05) is 0 Å². The van der Waals surface area contributed by atoms with E-state index in [1.54, 1.807) is 0 Å². The van der Waals surface area contributed by atoms with Gasteiger partial charge in [-0.3, -0.25) is 4.79 Å². The molecule has 0 fully saturated rings. The molecule has 2 rings (SSSR count). The highest BCUT2D eigenvalue weighted by Crippen LogP contribution is 2.39. The molecule has 7 heteroatoms. The van der Waals surface area contributed by atoms with E-state index in [1.165, 1.54) is 37.4 Å². The molecule has 0 aliphatic heterocycles. The highest BCUT2D eigenvalue weighted by atomic mass is 19.4. The molecule has 0 aromatic heterocycles. The molecular formula is C15H11F3O4. The van der Waals surface area contributed by atoms with Gasteiger partial charge in [0.1, 0.15) is 5.75 Å². The fourth-order valence-corrected chi connectivity index (χ4v) is 1.95. The van der Waals surface area contributed by atoms with Gasteiger partial charge in [0.05, 0.1) is 12.7 Å². The van der Waals surface area contributed by atoms with Crippen LogP contribution in [0.25, 0.3) is 11.1 Å². The predicted molar refractivity (Wildman–Crippen MR) is 72.2 cm³/mol. The maximum absolute atomic E-state index is 12.4. The van der Waals surface area contributed by atoms with Crippen molar-refractivity contribution < 1.29 is 32.5 Å². The molecule has 0 saturated heterocycles. The molecule has 0 spiro atoms. The number of aromatic hydroxyl groups is 1. The molecule has 22 heavy (non-hydrogen) atoms. The largest absolute Gasteiger partial charge is 0.573 e. The number of aldehydes is 1. The third-order valence-corrected chi connectivity index (χ3v) is 2.88. The number of hydrogen-bond donors (Lipinski definition) is 1. The number of rotatable bonds is 4. The van der Waals surface area contributed by atoms with Crippen LogP contribution in [-0.2, 0) is 0 Å². The first kappa shape index (κ1) is 15.7. The molecule has 0 amide bonds. The summed E-state index contributed by atoms with van der Waals surface area (Å²) in [5.74, 6) is -0.823. The van der Waals surface area contributed by atoms with Gasteiger partial charge in [-0.15, -0.1) is 13.2 Å². The number of phenolic OH excluding ortho intramolecular Hbond substituents is 1. The average molecular weight is 312 g/mol. The summed E-state index contributed by atoms with van der Waals surface area (Å²) in [5.41, 5.74) is 0.258. The van der Waals surface area contributed by atoms with E-state index in [4.69, 9.17) is 4.74 Å². The van der Waals surface area contributed by atoms with Gasteiger partial charge < -0.3 is 14.6 Å². The van der Waals surface area contributed by atoms with Gasteiger partial charge in [-0.25, -0.2) is 0 Å². The lowest BCUT2D eigenvalue weighted by Crippen LogP contribution is -2.17. The fraction of sp³-hybridized carbons (Fsp3) is 0.133. The molecule has 0 saturated carbocycles. The standard InChI is InChI=1S/C15H11F3O4/c1-21-13-7-9(6-10(8-19)14(13)20)11-4-2-3-5-12(11)22-15(16,17)18/h2-8,20H,1H3. The lowest BCUT2D eigenvalue weighted by atomic mass is 10.0. The normalized spacial score (nSPS) is 11.1. The molecule has 2 aromatic carbocycles. The van der Waals surface area contributed by atoms with Crippen LogP contribution < -0.4 is 9.47 Å². The van der Waals surface area contributed by atoms with Crippen molar-refractivity contribution in [3.63, 3.8) is 0 Å². The predicted octanol–water partition coefficient (Wildman–Crippen LogP) is 3.78. The second-order valence-electron chi connectivity index (χ2n) is 4.28. The van der Waals surface area contributed by atoms with E-state index >= 15 is 0 Å². The van der Waals surface area contributed by atoms with Gasteiger partial charge in [0, 0.05) is 5.56 Å². The Hall–Kier alpha value is -2.70. The number of methoxy groups -OCH3 is 1. The number of alkyl halides is 3. The number of ether oxygens (including phenoxy) is 2. The number of benzene rings is 2. The zero-order chi connectivity index (χ0) is 16.3. The number of para-hydroxylation sites is 1. The van der Waals surface area contributed by atoms with Crippen LogP contribution in [0.5, 0.6) is 17.2 Å². The van der Waals surface area contributed by atoms with E-state index in [2.05, 4.69) is 4.74 Å². The Kier molecular flexibility index (Phi) is 4.25. The Morgan fingerprint density at radius 3 is 2.41 bits per heavy atom. The molecule has 0 atom stereocenters. The van der Waals surface area contributed by atoms with Crippen LogP contribution in [0.15, 0.2) is 36.4 Å². The summed E-state index contributed by atoms with van der Waals surface area (Å²) < 4.78 is 46.2. The smallest absolute Gasteiger partial charge is 0.504 e. The van der Waals surface area contributed by atoms with E-state index in [0.717, 1.165) is 6.07 Å². The second kappa shape index (κ2) is 5.97. The van der Waals surface area contributed by atoms with Gasteiger partial charge in [0.2, 0.25) is 0 Å². The van der Waals surface area contributed by atoms with Crippen molar-refractivity contribution in [1.29, 1.82) is 0 Å². The Morgan fingerprint density at radius 1 is 1.14 bits per heavy atom. The molecule has 0 heterocycles. The summed E-state index contributed by atoms with van der Waals surface area (Å²) in [6, 6.07) is 8.05. The SMILES string of the molecule is COc1cc(-c2ccccc2OC(F)(F)F)cc(C=O)c1O. The van der Waals surface area contributed by atoms with Gasteiger partial charge in [0.15, 0.2) is 17.8 Å². The number of carbonyl (C=O) groups excluding carboxylic acids is 1. The van der Waals surface area contributed by atoms with Crippen LogP contribution in [0.1, 0.15) is 10.4 Å². The summed E-state index contributed by atoms with van der Waals surface area (Å²) in [4.78, 5) is 11.0. The van der Waals surface area contributed by atoms with Crippen molar-refractivity contribution in [2.24, 2.45) is 0 Å². The van der Waals surface area contributed by atoms with E-state index < -0.39 is 12.1 Å². The molecule has 1 N–H and O–H groups in total. The van der Waals surface area contributed by atoms with Gasteiger partial charge in [-0.05, 0) is 23.8 Å². The van der Waals surface area contributed by atoms with Crippen molar-refractivity contribution >= 4 is 6.29 Å². The molecule has 0 aliphatic rings. The minimum atomic E-state index is -4.84. The van der Waals surface area contributed by atoms with Gasteiger partial charge in [-0.1, -0.05) is 18.2 Å². The molecule has 4 nitrogen and oxygen atoms in total. The monoisotopic (exact) mass is 312 g/mol. The van der Waals surface area contributed by atoms with Crippen molar-refractivity contribution in [3.8, 4) is 28.4 Å². The second-order valence-corrected chi connectivity index (χ2v) is 4.28. The van der Waals surface area contributed by atoms with E-state index in [0.29, 0.717) is 6.29 Å². The topological polar surface area (TPSA) is 55.8 Å². The van der Waals surface area contributed by atoms with Crippen LogP contribution >= 0.6 is 0 Å². The number of phenols is 1. The molecule has 0 radical (unpaired) electrons. The quantitative estimate of drug-likeness (QED) is 0.873. The number of halogens is 3. The molecule has 0 aliphatic carbocycles. The minimum absolute atomic E-state index is 0.0265. The molecule has 116 valence electrons. The van der Waals surface area contributed by atoms with Crippen LogP contribution in [0.3, 0.4) is 0 Å². The van der Waals surface area contributed by atoms with Gasteiger partial charge in [0.25, 0.3) is 0 Å². The highest BCUT2D eigenvalue weighted by Gasteiger charge is 2.32. The van der Waals surface area contributed by atoms with Crippen molar-refractivity contribution in [1.82, 2.24) is 0 Å². The van der Waals surface area contributed by atoms with Crippen molar-refractivity contribution in [2.75, 3.05) is 7.11 Å². The molecule has 2 aromatic rings. The third-order valence-electron chi connectivity index (χ3n) is 2.88. The van der Waals surface area contributed by atoms with Crippen LogP contribution in [0, 0.1) is 0 Å². The fourth-order valence-electron chi connectivity index (χ4n) is 1.95. The van der Waals surface area contributed by atoms with Crippen LogP contribution in [0.4, 0.5) is 13.2 Å². The molecule has 0 bridgehead atoms. The lowest BCUT2D eigenvalue weighted by molar-refractivity contribution is -0.274. The Morgan fingerprint density at radius 2 is 1.82 bits per heavy atom. The van der Waals surface area contributed by atoms with Gasteiger partial charge in [-0.2, -0.15) is 0 Å². The van der Waals surface area contributed by atoms with E-state index in [-0.39, 0.29) is 28.2 Å². The summed E-state index contributed by atoms with van der Waals surface area (Å²) in [7, 11) is 1.27. The Balaban J connectivity index is 2.59. The summed E-state index contributed by atoms with van der Waals surface area (Å²) in [6.07, 6.45) is -4.46. The lowest BCUT2D eigenvalue weighted by Gasteiger charge is -2.15. The van der Waals surface area contributed by atoms with E-state index in [9.17, 15) is 23.1 Å². The molecular weight excluding hydrogens is 301 g/mol. The first-order chi connectivity index (χ1) is 10.4. The van der Waals surface area contributed by atoms with Gasteiger partial charge >= 0.3 is 6.36 Å². The van der Waals surface area contributed by atoms with Crippen molar-refractivity contribution in [2.45, 2.75) is 6.36 Å². The zero-order valence-corrected chi connectivity index (χ0v) is 11.3.